The van der Waals surface area contributed by atoms with E-state index in [9.17, 15) is 18.7 Å². The third-order valence-corrected chi connectivity index (χ3v) is 3.55. The fourth-order valence-corrected chi connectivity index (χ4v) is 2.20. The molecule has 122 valence electrons. The van der Waals surface area contributed by atoms with Gasteiger partial charge < -0.3 is 9.84 Å². The summed E-state index contributed by atoms with van der Waals surface area (Å²) < 4.78 is 31.4. The Kier molecular flexibility index (Phi) is 5.45. The predicted octanol–water partition coefficient (Wildman–Crippen LogP) is 3.54. The van der Waals surface area contributed by atoms with E-state index in [0.717, 1.165) is 30.7 Å². The summed E-state index contributed by atoms with van der Waals surface area (Å²) in [6, 6.07) is 9.79. The molecule has 3 nitrogen and oxygen atoms in total. The molecule has 0 bridgehead atoms. The SMILES string of the molecule is CCCCOC(=O)C(O)(c1ccc(F)cc1)c1ccc(F)cc1. The summed E-state index contributed by atoms with van der Waals surface area (Å²) in [5, 5.41) is 11.0. The highest BCUT2D eigenvalue weighted by atomic mass is 19.1. The van der Waals surface area contributed by atoms with Gasteiger partial charge in [0.25, 0.3) is 0 Å². The first-order chi connectivity index (χ1) is 11.0. The Morgan fingerprint density at radius 3 is 1.83 bits per heavy atom. The summed E-state index contributed by atoms with van der Waals surface area (Å²) in [6.45, 7) is 2.11. The second-order valence-corrected chi connectivity index (χ2v) is 5.21. The molecule has 23 heavy (non-hydrogen) atoms. The quantitative estimate of drug-likeness (QED) is 0.654. The number of carbonyl (C=O) groups is 1. The molecule has 0 amide bonds. The molecule has 0 aliphatic heterocycles. The first kappa shape index (κ1) is 17.1. The Balaban J connectivity index is 2.43. The van der Waals surface area contributed by atoms with Crippen LogP contribution in [0.15, 0.2) is 48.5 Å². The fourth-order valence-electron chi connectivity index (χ4n) is 2.20. The Morgan fingerprint density at radius 1 is 1.00 bits per heavy atom. The molecule has 0 aliphatic carbocycles. The standard InChI is InChI=1S/C18H18F2O3/c1-2-3-12-23-17(21)18(22,13-4-8-15(19)9-5-13)14-6-10-16(20)11-7-14/h4-11,22H,2-3,12H2,1H3. The third kappa shape index (κ3) is 3.74. The number of esters is 1. The van der Waals surface area contributed by atoms with Gasteiger partial charge in [0.15, 0.2) is 0 Å². The van der Waals surface area contributed by atoms with Gasteiger partial charge in [-0.1, -0.05) is 37.6 Å². The van der Waals surface area contributed by atoms with Gasteiger partial charge in [-0.2, -0.15) is 0 Å². The highest BCUT2D eigenvalue weighted by Crippen LogP contribution is 2.31. The molecule has 0 unspecified atom stereocenters. The number of ether oxygens (including phenoxy) is 1. The van der Waals surface area contributed by atoms with Crippen molar-refractivity contribution in [1.82, 2.24) is 0 Å². The van der Waals surface area contributed by atoms with Crippen LogP contribution in [0.2, 0.25) is 0 Å². The van der Waals surface area contributed by atoms with Crippen LogP contribution < -0.4 is 0 Å². The normalized spacial score (nSPS) is 11.3. The van der Waals surface area contributed by atoms with Gasteiger partial charge in [0.1, 0.15) is 11.6 Å². The monoisotopic (exact) mass is 320 g/mol. The Bertz CT molecular complexity index is 605. The van der Waals surface area contributed by atoms with E-state index < -0.39 is 23.2 Å². The number of hydrogen-bond acceptors (Lipinski definition) is 3. The van der Waals surface area contributed by atoms with Gasteiger partial charge in [-0.15, -0.1) is 0 Å². The van der Waals surface area contributed by atoms with Crippen molar-refractivity contribution in [2.75, 3.05) is 6.61 Å². The Labute approximate surface area is 133 Å². The van der Waals surface area contributed by atoms with E-state index in [4.69, 9.17) is 4.74 Å². The van der Waals surface area contributed by atoms with E-state index >= 15 is 0 Å². The van der Waals surface area contributed by atoms with E-state index in [-0.39, 0.29) is 17.7 Å². The highest BCUT2D eigenvalue weighted by Gasteiger charge is 2.41. The third-order valence-electron chi connectivity index (χ3n) is 3.55. The summed E-state index contributed by atoms with van der Waals surface area (Å²) in [4.78, 5) is 12.5. The molecule has 0 saturated heterocycles. The van der Waals surface area contributed by atoms with Crippen molar-refractivity contribution in [1.29, 1.82) is 0 Å². The molecule has 2 aromatic rings. The van der Waals surface area contributed by atoms with Gasteiger partial charge in [-0.25, -0.2) is 13.6 Å². The molecule has 0 saturated carbocycles. The zero-order valence-corrected chi connectivity index (χ0v) is 12.8. The van der Waals surface area contributed by atoms with Crippen molar-refractivity contribution in [2.45, 2.75) is 25.4 Å². The van der Waals surface area contributed by atoms with Crippen molar-refractivity contribution in [2.24, 2.45) is 0 Å². The van der Waals surface area contributed by atoms with E-state index in [0.29, 0.717) is 6.42 Å². The molecule has 2 aromatic carbocycles. The maximum Gasteiger partial charge on any atom is 0.347 e. The van der Waals surface area contributed by atoms with Crippen LogP contribution in [-0.4, -0.2) is 17.7 Å². The fraction of sp³-hybridized carbons (Fsp3) is 0.278. The number of benzene rings is 2. The van der Waals surface area contributed by atoms with Crippen LogP contribution in [-0.2, 0) is 15.1 Å². The lowest BCUT2D eigenvalue weighted by Gasteiger charge is -2.27. The number of rotatable bonds is 6. The first-order valence-electron chi connectivity index (χ1n) is 7.40. The predicted molar refractivity (Wildman–Crippen MR) is 81.7 cm³/mol. The van der Waals surface area contributed by atoms with E-state index in [2.05, 4.69) is 0 Å². The second-order valence-electron chi connectivity index (χ2n) is 5.21. The lowest BCUT2D eigenvalue weighted by atomic mass is 9.86. The van der Waals surface area contributed by atoms with Crippen molar-refractivity contribution in [3.8, 4) is 0 Å². The van der Waals surface area contributed by atoms with Crippen molar-refractivity contribution in [3.63, 3.8) is 0 Å². The zero-order valence-electron chi connectivity index (χ0n) is 12.8. The largest absolute Gasteiger partial charge is 0.463 e. The van der Waals surface area contributed by atoms with Crippen molar-refractivity contribution >= 4 is 5.97 Å². The van der Waals surface area contributed by atoms with Crippen LogP contribution in [0.4, 0.5) is 8.78 Å². The average molecular weight is 320 g/mol. The Morgan fingerprint density at radius 2 is 1.43 bits per heavy atom. The minimum atomic E-state index is -2.12. The van der Waals surface area contributed by atoms with Crippen molar-refractivity contribution in [3.05, 3.63) is 71.3 Å². The van der Waals surface area contributed by atoms with Crippen LogP contribution in [0.3, 0.4) is 0 Å². The summed E-state index contributed by atoms with van der Waals surface area (Å²) >= 11 is 0. The number of unbranched alkanes of at least 4 members (excludes halogenated alkanes) is 1. The van der Waals surface area contributed by atoms with Gasteiger partial charge in [-0.3, -0.25) is 0 Å². The maximum absolute atomic E-state index is 13.1. The molecule has 0 aliphatic rings. The van der Waals surface area contributed by atoms with Gasteiger partial charge >= 0.3 is 5.97 Å². The molecule has 0 atom stereocenters. The van der Waals surface area contributed by atoms with Crippen LogP contribution in [0.5, 0.6) is 0 Å². The van der Waals surface area contributed by atoms with Gasteiger partial charge in [0.2, 0.25) is 5.60 Å². The summed E-state index contributed by atoms with van der Waals surface area (Å²) in [5.41, 5.74) is -1.80. The van der Waals surface area contributed by atoms with Gasteiger partial charge in [-0.05, 0) is 41.8 Å². The molecular weight excluding hydrogens is 302 g/mol. The van der Waals surface area contributed by atoms with E-state index in [1.54, 1.807) is 0 Å². The summed E-state index contributed by atoms with van der Waals surface area (Å²) in [5.74, 6) is -1.85. The average Bonchev–Trinajstić information content (AvgIpc) is 2.55. The lowest BCUT2D eigenvalue weighted by molar-refractivity contribution is -0.162. The van der Waals surface area contributed by atoms with E-state index in [1.165, 1.54) is 24.3 Å². The summed E-state index contributed by atoms with van der Waals surface area (Å²) in [7, 11) is 0. The van der Waals surface area contributed by atoms with Crippen LogP contribution >= 0.6 is 0 Å². The zero-order chi connectivity index (χ0) is 16.9. The summed E-state index contributed by atoms with van der Waals surface area (Å²) in [6.07, 6.45) is 1.49. The maximum atomic E-state index is 13.1. The Hall–Kier alpha value is -2.27. The minimum Gasteiger partial charge on any atom is -0.463 e. The molecule has 0 heterocycles. The number of halogens is 2. The van der Waals surface area contributed by atoms with Crippen LogP contribution in [0, 0.1) is 11.6 Å². The lowest BCUT2D eigenvalue weighted by Crippen LogP contribution is -2.38. The number of aliphatic hydroxyl groups is 1. The molecule has 0 spiro atoms. The number of hydrogen-bond donors (Lipinski definition) is 1. The smallest absolute Gasteiger partial charge is 0.347 e. The van der Waals surface area contributed by atoms with Crippen LogP contribution in [0.1, 0.15) is 30.9 Å². The molecule has 1 N–H and O–H groups in total. The molecular formula is C18H18F2O3. The van der Waals surface area contributed by atoms with Gasteiger partial charge in [0, 0.05) is 0 Å². The van der Waals surface area contributed by atoms with Crippen LogP contribution in [0.25, 0.3) is 0 Å². The molecule has 2 rings (SSSR count). The minimum absolute atomic E-state index is 0.159. The molecule has 0 fully saturated rings. The molecule has 0 aromatic heterocycles. The van der Waals surface area contributed by atoms with Gasteiger partial charge in [0.05, 0.1) is 6.61 Å². The second kappa shape index (κ2) is 7.33. The topological polar surface area (TPSA) is 46.5 Å². The first-order valence-corrected chi connectivity index (χ1v) is 7.40. The molecule has 0 radical (unpaired) electrons. The molecule has 5 heteroatoms. The van der Waals surface area contributed by atoms with Crippen molar-refractivity contribution < 1.29 is 23.4 Å². The number of carbonyl (C=O) groups excluding carboxylic acids is 1. The van der Waals surface area contributed by atoms with E-state index in [1.807, 2.05) is 6.92 Å². The highest BCUT2D eigenvalue weighted by molar-refractivity contribution is 5.85.